The lowest BCUT2D eigenvalue weighted by molar-refractivity contribution is 0.566. The Bertz CT molecular complexity index is 984. The minimum absolute atomic E-state index is 0.283. The molecule has 1 atom stereocenters. The standard InChI is InChI=1S/C19H21F2N7/c1-3-28-16(12-4-5-12)9-17(27-28)25-19-23-10-22-18(26-19)24-11(2)14-7-6-13(20)8-15(14)21/h6-12H,3-5H2,1-2H3,(H2,22,23,24,25,26,27). The first kappa shape index (κ1) is 18.3. The van der Waals surface area contributed by atoms with Crippen molar-refractivity contribution in [3.05, 3.63) is 53.5 Å². The van der Waals surface area contributed by atoms with Crippen LogP contribution >= 0.6 is 0 Å². The maximum absolute atomic E-state index is 14.0. The first-order valence-electron chi connectivity index (χ1n) is 9.28. The SMILES string of the molecule is CCn1nc(Nc2ncnc(NC(C)c3ccc(F)cc3F)n2)cc1C1CC1. The van der Waals surface area contributed by atoms with Crippen LogP contribution < -0.4 is 10.6 Å². The summed E-state index contributed by atoms with van der Waals surface area (Å²) in [6.45, 7) is 4.61. The predicted molar refractivity (Wildman–Crippen MR) is 101 cm³/mol. The Balaban J connectivity index is 1.48. The Labute approximate surface area is 161 Å². The number of benzene rings is 1. The van der Waals surface area contributed by atoms with Crippen LogP contribution in [0, 0.1) is 11.6 Å². The van der Waals surface area contributed by atoms with E-state index in [-0.39, 0.29) is 5.95 Å². The number of hydrogen-bond acceptors (Lipinski definition) is 6. The van der Waals surface area contributed by atoms with E-state index in [0.29, 0.717) is 23.2 Å². The molecule has 2 aromatic heterocycles. The number of nitrogens with one attached hydrogen (secondary N) is 2. The van der Waals surface area contributed by atoms with Crippen molar-refractivity contribution in [1.29, 1.82) is 0 Å². The monoisotopic (exact) mass is 385 g/mol. The van der Waals surface area contributed by atoms with Gasteiger partial charge in [0, 0.05) is 35.9 Å². The molecule has 9 heteroatoms. The van der Waals surface area contributed by atoms with Crippen molar-refractivity contribution in [2.75, 3.05) is 10.6 Å². The lowest BCUT2D eigenvalue weighted by atomic mass is 10.1. The van der Waals surface area contributed by atoms with Gasteiger partial charge in [-0.15, -0.1) is 0 Å². The van der Waals surface area contributed by atoms with Crippen LogP contribution in [0.3, 0.4) is 0 Å². The largest absolute Gasteiger partial charge is 0.347 e. The molecule has 0 amide bonds. The average Bonchev–Trinajstić information content (AvgIpc) is 3.42. The summed E-state index contributed by atoms with van der Waals surface area (Å²) in [4.78, 5) is 12.5. The molecule has 7 nitrogen and oxygen atoms in total. The molecule has 3 aromatic rings. The molecule has 0 aliphatic heterocycles. The number of hydrogen-bond donors (Lipinski definition) is 2. The lowest BCUT2D eigenvalue weighted by Gasteiger charge is -2.15. The molecule has 1 saturated carbocycles. The van der Waals surface area contributed by atoms with E-state index >= 15 is 0 Å². The third kappa shape index (κ3) is 3.92. The van der Waals surface area contributed by atoms with Crippen LogP contribution in [0.5, 0.6) is 0 Å². The minimum Gasteiger partial charge on any atom is -0.347 e. The number of aromatic nitrogens is 5. The molecule has 1 unspecified atom stereocenters. The van der Waals surface area contributed by atoms with Crippen LogP contribution in [-0.2, 0) is 6.54 Å². The number of halogens is 2. The number of anilines is 3. The Morgan fingerprint density at radius 2 is 1.96 bits per heavy atom. The second-order valence-electron chi connectivity index (χ2n) is 6.83. The predicted octanol–water partition coefficient (Wildman–Crippen LogP) is 4.16. The maximum Gasteiger partial charge on any atom is 0.233 e. The van der Waals surface area contributed by atoms with Crippen LogP contribution in [0.2, 0.25) is 0 Å². The normalized spacial score (nSPS) is 14.7. The molecule has 1 aromatic carbocycles. The van der Waals surface area contributed by atoms with E-state index < -0.39 is 17.7 Å². The summed E-state index contributed by atoms with van der Waals surface area (Å²) in [6, 6.07) is 5.05. The molecule has 0 saturated heterocycles. The fraction of sp³-hybridized carbons (Fsp3) is 0.368. The van der Waals surface area contributed by atoms with E-state index in [1.165, 1.54) is 37.0 Å². The van der Waals surface area contributed by atoms with Crippen molar-refractivity contribution in [2.45, 2.75) is 45.2 Å². The van der Waals surface area contributed by atoms with E-state index in [4.69, 9.17) is 0 Å². The van der Waals surface area contributed by atoms with Crippen molar-refractivity contribution in [3.63, 3.8) is 0 Å². The maximum atomic E-state index is 14.0. The molecule has 4 rings (SSSR count). The zero-order chi connectivity index (χ0) is 19.7. The molecular weight excluding hydrogens is 364 g/mol. The van der Waals surface area contributed by atoms with Crippen molar-refractivity contribution >= 4 is 17.7 Å². The molecule has 28 heavy (non-hydrogen) atoms. The summed E-state index contributed by atoms with van der Waals surface area (Å²) < 4.78 is 29.0. The topological polar surface area (TPSA) is 80.5 Å². The van der Waals surface area contributed by atoms with E-state index in [9.17, 15) is 8.78 Å². The van der Waals surface area contributed by atoms with Gasteiger partial charge in [-0.1, -0.05) is 6.07 Å². The van der Waals surface area contributed by atoms with Gasteiger partial charge in [0.25, 0.3) is 0 Å². The van der Waals surface area contributed by atoms with Gasteiger partial charge >= 0.3 is 0 Å². The molecule has 0 bridgehead atoms. The van der Waals surface area contributed by atoms with Crippen LogP contribution in [-0.4, -0.2) is 24.7 Å². The number of rotatable bonds is 7. The zero-order valence-electron chi connectivity index (χ0n) is 15.7. The Kier molecular flexibility index (Phi) is 4.89. The minimum atomic E-state index is -0.620. The molecule has 0 spiro atoms. The van der Waals surface area contributed by atoms with Gasteiger partial charge in [0.1, 0.15) is 18.0 Å². The Morgan fingerprint density at radius 1 is 1.18 bits per heavy atom. The highest BCUT2D eigenvalue weighted by Gasteiger charge is 2.27. The fourth-order valence-corrected chi connectivity index (χ4v) is 3.12. The summed E-state index contributed by atoms with van der Waals surface area (Å²) in [7, 11) is 0. The molecule has 1 fully saturated rings. The first-order valence-corrected chi connectivity index (χ1v) is 9.28. The third-order valence-corrected chi connectivity index (χ3v) is 4.69. The van der Waals surface area contributed by atoms with Gasteiger partial charge in [-0.05, 0) is 32.8 Å². The summed E-state index contributed by atoms with van der Waals surface area (Å²) in [5.74, 6) is 0.657. The first-order chi connectivity index (χ1) is 13.5. The van der Waals surface area contributed by atoms with Crippen molar-refractivity contribution < 1.29 is 8.78 Å². The second kappa shape index (κ2) is 7.49. The molecule has 146 valence electrons. The molecule has 1 aliphatic carbocycles. The van der Waals surface area contributed by atoms with E-state index in [1.54, 1.807) is 6.92 Å². The van der Waals surface area contributed by atoms with Gasteiger partial charge in [0.15, 0.2) is 5.82 Å². The van der Waals surface area contributed by atoms with Crippen molar-refractivity contribution in [2.24, 2.45) is 0 Å². The molecule has 0 radical (unpaired) electrons. The van der Waals surface area contributed by atoms with Crippen LogP contribution in [0.15, 0.2) is 30.6 Å². The van der Waals surface area contributed by atoms with Crippen LogP contribution in [0.25, 0.3) is 0 Å². The lowest BCUT2D eigenvalue weighted by Crippen LogP contribution is -2.12. The van der Waals surface area contributed by atoms with Crippen LogP contribution in [0.1, 0.15) is 49.9 Å². The van der Waals surface area contributed by atoms with Gasteiger partial charge in [-0.25, -0.2) is 18.7 Å². The van der Waals surface area contributed by atoms with Gasteiger partial charge in [0.2, 0.25) is 11.9 Å². The number of nitrogens with zero attached hydrogens (tertiary/aromatic N) is 5. The third-order valence-electron chi connectivity index (χ3n) is 4.69. The molecule has 2 N–H and O–H groups in total. The Hall–Kier alpha value is -3.10. The van der Waals surface area contributed by atoms with E-state index in [2.05, 4.69) is 37.6 Å². The zero-order valence-corrected chi connectivity index (χ0v) is 15.7. The van der Waals surface area contributed by atoms with E-state index in [0.717, 1.165) is 12.6 Å². The highest BCUT2D eigenvalue weighted by Crippen LogP contribution is 2.41. The second-order valence-corrected chi connectivity index (χ2v) is 6.83. The summed E-state index contributed by atoms with van der Waals surface area (Å²) >= 11 is 0. The van der Waals surface area contributed by atoms with Gasteiger partial charge in [-0.3, -0.25) is 4.68 Å². The molecule has 2 heterocycles. The molecular formula is C19H21F2N7. The Morgan fingerprint density at radius 3 is 2.68 bits per heavy atom. The van der Waals surface area contributed by atoms with Crippen molar-refractivity contribution in [3.8, 4) is 0 Å². The highest BCUT2D eigenvalue weighted by atomic mass is 19.1. The van der Waals surface area contributed by atoms with E-state index in [1.807, 2.05) is 10.7 Å². The quantitative estimate of drug-likeness (QED) is 0.636. The molecule has 1 aliphatic rings. The fourth-order valence-electron chi connectivity index (χ4n) is 3.12. The summed E-state index contributed by atoms with van der Waals surface area (Å²) in [5, 5.41) is 10.6. The van der Waals surface area contributed by atoms with Crippen molar-refractivity contribution in [1.82, 2.24) is 24.7 Å². The van der Waals surface area contributed by atoms with Crippen LogP contribution in [0.4, 0.5) is 26.5 Å². The summed E-state index contributed by atoms with van der Waals surface area (Å²) in [6.07, 6.45) is 3.76. The van der Waals surface area contributed by atoms with Gasteiger partial charge < -0.3 is 10.6 Å². The highest BCUT2D eigenvalue weighted by molar-refractivity contribution is 5.50. The average molecular weight is 385 g/mol. The number of aryl methyl sites for hydroxylation is 1. The smallest absolute Gasteiger partial charge is 0.233 e. The summed E-state index contributed by atoms with van der Waals surface area (Å²) in [5.41, 5.74) is 1.55. The van der Waals surface area contributed by atoms with Gasteiger partial charge in [-0.2, -0.15) is 10.1 Å². The van der Waals surface area contributed by atoms with Gasteiger partial charge in [0.05, 0.1) is 6.04 Å².